The predicted octanol–water partition coefficient (Wildman–Crippen LogP) is 3.68. The van der Waals surface area contributed by atoms with E-state index < -0.39 is 0 Å². The number of benzene rings is 1. The maximum atomic E-state index is 12.1. The Balaban J connectivity index is 1.58. The molecule has 0 aliphatic carbocycles. The summed E-state index contributed by atoms with van der Waals surface area (Å²) in [4.78, 5) is 13.1. The van der Waals surface area contributed by atoms with Gasteiger partial charge >= 0.3 is 0 Å². The lowest BCUT2D eigenvalue weighted by Gasteiger charge is -2.07. The second-order valence-corrected chi connectivity index (χ2v) is 6.83. The van der Waals surface area contributed by atoms with Gasteiger partial charge in [0.15, 0.2) is 10.6 Å². The second kappa shape index (κ2) is 7.55. The molecule has 1 aromatic carbocycles. The molecule has 3 rings (SSSR count). The molecule has 2 heterocycles. The standard InChI is InChI=1S/C17H18N4OS2/c1-12-4-6-13(7-5-12)11-18-15(22)8-9-21-16(19-20-17(21)23)14-3-2-10-24-14/h2-7,10H,8-9,11H2,1H3,(H,18,22)(H,20,23). The summed E-state index contributed by atoms with van der Waals surface area (Å²) in [5.74, 6) is 0.775. The van der Waals surface area contributed by atoms with Crippen molar-refractivity contribution in [2.45, 2.75) is 26.4 Å². The normalized spacial score (nSPS) is 10.7. The molecular weight excluding hydrogens is 340 g/mol. The van der Waals surface area contributed by atoms with Crippen LogP contribution in [0.3, 0.4) is 0 Å². The van der Waals surface area contributed by atoms with Crippen molar-refractivity contribution in [2.75, 3.05) is 0 Å². The summed E-state index contributed by atoms with van der Waals surface area (Å²) in [6.07, 6.45) is 0.359. The van der Waals surface area contributed by atoms with Crippen molar-refractivity contribution >= 4 is 29.5 Å². The first-order chi connectivity index (χ1) is 11.6. The monoisotopic (exact) mass is 358 g/mol. The highest BCUT2D eigenvalue weighted by Gasteiger charge is 2.11. The molecule has 0 spiro atoms. The Labute approximate surface area is 149 Å². The summed E-state index contributed by atoms with van der Waals surface area (Å²) >= 11 is 6.87. The number of nitrogens with zero attached hydrogens (tertiary/aromatic N) is 2. The van der Waals surface area contributed by atoms with Crippen LogP contribution in [0.25, 0.3) is 10.7 Å². The Morgan fingerprint density at radius 1 is 1.33 bits per heavy atom. The molecule has 0 unspecified atom stereocenters. The lowest BCUT2D eigenvalue weighted by molar-refractivity contribution is -0.121. The van der Waals surface area contributed by atoms with E-state index in [1.54, 1.807) is 11.3 Å². The number of aromatic amines is 1. The van der Waals surface area contributed by atoms with E-state index in [9.17, 15) is 4.79 Å². The van der Waals surface area contributed by atoms with Crippen molar-refractivity contribution in [1.29, 1.82) is 0 Å². The van der Waals surface area contributed by atoms with Crippen molar-refractivity contribution in [3.63, 3.8) is 0 Å². The summed E-state index contributed by atoms with van der Waals surface area (Å²) in [5, 5.41) is 12.0. The number of hydrogen-bond donors (Lipinski definition) is 2. The molecule has 0 bridgehead atoms. The minimum atomic E-state index is -0.00388. The molecule has 1 amide bonds. The maximum Gasteiger partial charge on any atom is 0.222 e. The van der Waals surface area contributed by atoms with E-state index in [0.717, 1.165) is 16.3 Å². The third-order valence-electron chi connectivity index (χ3n) is 3.67. The average molecular weight is 358 g/mol. The topological polar surface area (TPSA) is 62.7 Å². The van der Waals surface area contributed by atoms with Gasteiger partial charge in [-0.15, -0.1) is 11.3 Å². The molecule has 0 aliphatic heterocycles. The van der Waals surface area contributed by atoms with Crippen molar-refractivity contribution < 1.29 is 4.79 Å². The average Bonchev–Trinajstić information content (AvgIpc) is 3.22. The number of aromatic nitrogens is 3. The molecule has 124 valence electrons. The van der Waals surface area contributed by atoms with Crippen LogP contribution in [0.1, 0.15) is 17.5 Å². The predicted molar refractivity (Wildman–Crippen MR) is 98.4 cm³/mol. The molecule has 0 aliphatic rings. The van der Waals surface area contributed by atoms with Gasteiger partial charge in [-0.25, -0.2) is 0 Å². The van der Waals surface area contributed by atoms with Gasteiger partial charge in [0.25, 0.3) is 0 Å². The Morgan fingerprint density at radius 3 is 2.83 bits per heavy atom. The second-order valence-electron chi connectivity index (χ2n) is 5.49. The van der Waals surface area contributed by atoms with Crippen LogP contribution in [0, 0.1) is 11.7 Å². The van der Waals surface area contributed by atoms with E-state index >= 15 is 0 Å². The van der Waals surface area contributed by atoms with Crippen LogP contribution in [0.2, 0.25) is 0 Å². The van der Waals surface area contributed by atoms with E-state index in [0.29, 0.717) is 24.3 Å². The number of amides is 1. The van der Waals surface area contributed by atoms with Gasteiger partial charge in [0.05, 0.1) is 4.88 Å². The van der Waals surface area contributed by atoms with Gasteiger partial charge in [0, 0.05) is 19.5 Å². The quantitative estimate of drug-likeness (QED) is 0.661. The first-order valence-corrected chi connectivity index (χ1v) is 8.93. The zero-order valence-corrected chi connectivity index (χ0v) is 14.9. The number of thiophene rings is 1. The van der Waals surface area contributed by atoms with E-state index in [2.05, 4.69) is 15.5 Å². The summed E-state index contributed by atoms with van der Waals surface area (Å²) in [7, 11) is 0. The van der Waals surface area contributed by atoms with Crippen LogP contribution < -0.4 is 5.32 Å². The van der Waals surface area contributed by atoms with Crippen LogP contribution in [-0.4, -0.2) is 20.7 Å². The van der Waals surface area contributed by atoms with Crippen LogP contribution in [0.15, 0.2) is 41.8 Å². The van der Waals surface area contributed by atoms with Crippen LogP contribution in [-0.2, 0) is 17.9 Å². The number of carbonyl (C=O) groups is 1. The molecule has 0 saturated carbocycles. The van der Waals surface area contributed by atoms with Crippen LogP contribution in [0.5, 0.6) is 0 Å². The van der Waals surface area contributed by atoms with Crippen LogP contribution in [0.4, 0.5) is 0 Å². The largest absolute Gasteiger partial charge is 0.352 e. The molecule has 0 radical (unpaired) electrons. The van der Waals surface area contributed by atoms with E-state index in [1.165, 1.54) is 5.56 Å². The van der Waals surface area contributed by atoms with Gasteiger partial charge in [-0.05, 0) is 36.2 Å². The first-order valence-electron chi connectivity index (χ1n) is 7.65. The fraction of sp³-hybridized carbons (Fsp3) is 0.235. The summed E-state index contributed by atoms with van der Waals surface area (Å²) in [5.41, 5.74) is 2.30. The number of hydrogen-bond acceptors (Lipinski definition) is 4. The van der Waals surface area contributed by atoms with Crippen molar-refractivity contribution in [2.24, 2.45) is 0 Å². The first kappa shape index (κ1) is 16.6. The summed E-state index contributed by atoms with van der Waals surface area (Å²) < 4.78 is 2.40. The zero-order chi connectivity index (χ0) is 16.9. The number of aryl methyl sites for hydroxylation is 1. The molecular formula is C17H18N4OS2. The van der Waals surface area contributed by atoms with Gasteiger partial charge in [0.1, 0.15) is 0 Å². The van der Waals surface area contributed by atoms with Crippen LogP contribution >= 0.6 is 23.6 Å². The molecule has 7 heteroatoms. The minimum Gasteiger partial charge on any atom is -0.352 e. The molecule has 2 N–H and O–H groups in total. The number of nitrogens with one attached hydrogen (secondary N) is 2. The lowest BCUT2D eigenvalue weighted by Crippen LogP contribution is -2.24. The number of carbonyl (C=O) groups excluding carboxylic acids is 1. The van der Waals surface area contributed by atoms with Crippen molar-refractivity contribution in [3.8, 4) is 10.7 Å². The summed E-state index contributed by atoms with van der Waals surface area (Å²) in [6, 6.07) is 12.1. The Kier molecular flexibility index (Phi) is 5.22. The van der Waals surface area contributed by atoms with Crippen molar-refractivity contribution in [3.05, 3.63) is 57.7 Å². The molecule has 3 aromatic rings. The highest BCUT2D eigenvalue weighted by Crippen LogP contribution is 2.22. The van der Waals surface area contributed by atoms with Gasteiger partial charge in [0.2, 0.25) is 5.91 Å². The van der Waals surface area contributed by atoms with Gasteiger partial charge in [-0.3, -0.25) is 14.5 Å². The smallest absolute Gasteiger partial charge is 0.222 e. The maximum absolute atomic E-state index is 12.1. The van der Waals surface area contributed by atoms with E-state index in [-0.39, 0.29) is 5.91 Å². The Bertz CT molecular complexity index is 863. The molecule has 0 saturated heterocycles. The molecule has 0 atom stereocenters. The lowest BCUT2D eigenvalue weighted by atomic mass is 10.1. The highest BCUT2D eigenvalue weighted by atomic mass is 32.1. The molecule has 2 aromatic heterocycles. The summed E-state index contributed by atoms with van der Waals surface area (Å²) in [6.45, 7) is 3.08. The van der Waals surface area contributed by atoms with E-state index in [1.807, 2.05) is 53.3 Å². The van der Waals surface area contributed by atoms with Crippen molar-refractivity contribution in [1.82, 2.24) is 20.1 Å². The van der Waals surface area contributed by atoms with Gasteiger partial charge < -0.3 is 5.32 Å². The van der Waals surface area contributed by atoms with Gasteiger partial charge in [-0.2, -0.15) is 5.10 Å². The molecule has 0 fully saturated rings. The van der Waals surface area contributed by atoms with Gasteiger partial charge in [-0.1, -0.05) is 35.9 Å². The minimum absolute atomic E-state index is 0.00388. The SMILES string of the molecule is Cc1ccc(CNC(=O)CCn2c(-c3cccs3)n[nH]c2=S)cc1. The molecule has 5 nitrogen and oxygen atoms in total. The number of rotatable bonds is 6. The third-order valence-corrected chi connectivity index (χ3v) is 4.85. The third kappa shape index (κ3) is 3.98. The fourth-order valence-electron chi connectivity index (χ4n) is 2.33. The fourth-order valence-corrected chi connectivity index (χ4v) is 3.27. The molecule has 24 heavy (non-hydrogen) atoms. The number of H-pyrrole nitrogens is 1. The zero-order valence-electron chi connectivity index (χ0n) is 13.3. The van der Waals surface area contributed by atoms with E-state index in [4.69, 9.17) is 12.2 Å². The Morgan fingerprint density at radius 2 is 2.12 bits per heavy atom. The Hall–Kier alpha value is -2.25. The highest BCUT2D eigenvalue weighted by molar-refractivity contribution is 7.71.